The number of nitrogens with one attached hydrogen (secondary N) is 2. The van der Waals surface area contributed by atoms with Crippen molar-refractivity contribution in [3.8, 4) is 0 Å². The van der Waals surface area contributed by atoms with E-state index >= 15 is 0 Å². The van der Waals surface area contributed by atoms with Crippen molar-refractivity contribution in [3.05, 3.63) is 83.6 Å². The van der Waals surface area contributed by atoms with Crippen molar-refractivity contribution in [2.75, 3.05) is 0 Å². The molecule has 14 heteroatoms. The van der Waals surface area contributed by atoms with E-state index < -0.39 is 30.1 Å². The number of aromatic nitrogens is 2. The predicted molar refractivity (Wildman–Crippen MR) is 154 cm³/mol. The zero-order valence-corrected chi connectivity index (χ0v) is 25.0. The maximum atomic E-state index is 12.7. The number of rotatable bonds is 8. The van der Waals surface area contributed by atoms with Crippen LogP contribution in [0.4, 0.5) is 0 Å². The number of aryl methyl sites for hydroxylation is 1. The molecular formula is C23H18Cl6N4O2S2. The Morgan fingerprint density at radius 1 is 0.757 bits per heavy atom. The molecule has 0 spiro atoms. The molecular weight excluding hydrogens is 641 g/mol. The van der Waals surface area contributed by atoms with Crippen LogP contribution in [0, 0.1) is 6.92 Å². The highest BCUT2D eigenvalue weighted by Crippen LogP contribution is 2.42. The fourth-order valence-corrected chi connectivity index (χ4v) is 5.60. The van der Waals surface area contributed by atoms with Gasteiger partial charge in [-0.2, -0.15) is 0 Å². The number of benzene rings is 2. The average molecular weight is 659 g/mol. The first-order valence-electron chi connectivity index (χ1n) is 10.4. The summed E-state index contributed by atoms with van der Waals surface area (Å²) in [5.74, 6) is -0.864. The van der Waals surface area contributed by atoms with Gasteiger partial charge in [0.05, 0.1) is 0 Å². The molecule has 6 nitrogen and oxygen atoms in total. The van der Waals surface area contributed by atoms with Crippen LogP contribution in [0.1, 0.15) is 26.3 Å². The van der Waals surface area contributed by atoms with Crippen LogP contribution in [0.25, 0.3) is 0 Å². The van der Waals surface area contributed by atoms with Crippen molar-refractivity contribution in [2.45, 2.75) is 35.4 Å². The van der Waals surface area contributed by atoms with Crippen LogP contribution < -0.4 is 10.6 Å². The van der Waals surface area contributed by atoms with E-state index in [9.17, 15) is 9.59 Å². The molecule has 2 atom stereocenters. The molecule has 1 heterocycles. The fraction of sp³-hybridized carbons (Fsp3) is 0.217. The van der Waals surface area contributed by atoms with Crippen molar-refractivity contribution >= 4 is 105 Å². The first-order valence-corrected chi connectivity index (χ1v) is 14.4. The van der Waals surface area contributed by atoms with Crippen LogP contribution >= 0.6 is 93.1 Å². The van der Waals surface area contributed by atoms with Crippen molar-refractivity contribution in [3.63, 3.8) is 0 Å². The molecule has 196 valence electrons. The third-order valence-electron chi connectivity index (χ3n) is 4.55. The highest BCUT2D eigenvalue weighted by molar-refractivity contribution is 8.00. The molecule has 2 N–H and O–H groups in total. The van der Waals surface area contributed by atoms with E-state index in [2.05, 4.69) is 20.6 Å². The molecule has 0 saturated carbocycles. The lowest BCUT2D eigenvalue weighted by molar-refractivity contribution is 0.0942. The molecule has 37 heavy (non-hydrogen) atoms. The summed E-state index contributed by atoms with van der Waals surface area (Å²) in [5, 5.41) is 3.97. The van der Waals surface area contributed by atoms with Crippen molar-refractivity contribution in [1.29, 1.82) is 0 Å². The van der Waals surface area contributed by atoms with E-state index in [1.807, 2.05) is 0 Å². The predicted octanol–water partition coefficient (Wildman–Crippen LogP) is 7.22. The third-order valence-corrected chi connectivity index (χ3v) is 9.09. The summed E-state index contributed by atoms with van der Waals surface area (Å²) < 4.78 is -3.76. The minimum absolute atomic E-state index is 0.190. The van der Waals surface area contributed by atoms with Gasteiger partial charge in [0.2, 0.25) is 7.59 Å². The van der Waals surface area contributed by atoms with Crippen LogP contribution in [0.2, 0.25) is 0 Å². The standard InChI is InChI=1S/C23H18Cl6N4O2S2/c1-13-12-30-21(37-20(23(27,28)29)32-17(35)15-10-6-3-7-11-15)33-18(13)36-19(22(24,25)26)31-16(34)14-8-4-2-5-9-14/h2-12,19-20H,1H3,(H,31,34)(H,32,35). The Morgan fingerprint density at radius 2 is 1.19 bits per heavy atom. The van der Waals surface area contributed by atoms with E-state index in [0.29, 0.717) is 21.7 Å². The minimum Gasteiger partial charge on any atom is -0.336 e. The van der Waals surface area contributed by atoms with Gasteiger partial charge in [0.15, 0.2) is 5.16 Å². The van der Waals surface area contributed by atoms with Gasteiger partial charge in [-0.25, -0.2) is 9.97 Å². The average Bonchev–Trinajstić information content (AvgIpc) is 2.84. The summed E-state index contributed by atoms with van der Waals surface area (Å²) in [7, 11) is 0. The lowest BCUT2D eigenvalue weighted by atomic mass is 10.2. The van der Waals surface area contributed by atoms with Gasteiger partial charge in [0.25, 0.3) is 11.8 Å². The molecule has 1 aromatic heterocycles. The number of alkyl halides is 6. The summed E-state index contributed by atoms with van der Waals surface area (Å²) in [6, 6.07) is 17.0. The molecule has 2 unspecified atom stereocenters. The van der Waals surface area contributed by atoms with E-state index in [1.165, 1.54) is 0 Å². The normalized spacial score (nSPS) is 13.5. The van der Waals surface area contributed by atoms with Gasteiger partial charge in [-0.15, -0.1) is 0 Å². The third kappa shape index (κ3) is 9.25. The summed E-state index contributed by atoms with van der Waals surface area (Å²) in [6.07, 6.45) is 1.54. The van der Waals surface area contributed by atoms with E-state index in [0.717, 1.165) is 23.5 Å². The lowest BCUT2D eigenvalue weighted by Crippen LogP contribution is -2.41. The van der Waals surface area contributed by atoms with Crippen LogP contribution in [-0.2, 0) is 0 Å². The minimum atomic E-state index is -1.89. The lowest BCUT2D eigenvalue weighted by Gasteiger charge is -2.26. The number of nitrogens with zero attached hydrogens (tertiary/aromatic N) is 2. The monoisotopic (exact) mass is 656 g/mol. The largest absolute Gasteiger partial charge is 0.336 e. The summed E-state index contributed by atoms with van der Waals surface area (Å²) in [6.45, 7) is 1.76. The van der Waals surface area contributed by atoms with Gasteiger partial charge in [0.1, 0.15) is 15.8 Å². The Morgan fingerprint density at radius 3 is 1.62 bits per heavy atom. The maximum absolute atomic E-state index is 12.7. The SMILES string of the molecule is Cc1cnc(SC(NC(=O)c2ccccc2)C(Cl)(Cl)Cl)nc1SC(NC(=O)c1ccccc1)C(Cl)(Cl)Cl. The van der Waals surface area contributed by atoms with Crippen molar-refractivity contribution in [1.82, 2.24) is 20.6 Å². The molecule has 0 saturated heterocycles. The van der Waals surface area contributed by atoms with Gasteiger partial charge < -0.3 is 10.6 Å². The number of hydrogen-bond acceptors (Lipinski definition) is 6. The number of halogens is 6. The summed E-state index contributed by atoms with van der Waals surface area (Å²) >= 11 is 38.9. The Labute approximate surface area is 252 Å². The molecule has 2 amide bonds. The second-order valence-electron chi connectivity index (χ2n) is 7.40. The van der Waals surface area contributed by atoms with Gasteiger partial charge in [-0.3, -0.25) is 9.59 Å². The molecule has 0 aliphatic rings. The highest BCUT2D eigenvalue weighted by Gasteiger charge is 2.38. The zero-order valence-electron chi connectivity index (χ0n) is 18.8. The fourth-order valence-electron chi connectivity index (χ4n) is 2.74. The number of thioether (sulfide) groups is 2. The molecule has 0 radical (unpaired) electrons. The smallest absolute Gasteiger partial charge is 0.252 e. The summed E-state index contributed by atoms with van der Waals surface area (Å²) in [5.41, 5.74) is 1.45. The molecule has 0 fully saturated rings. The zero-order chi connectivity index (χ0) is 27.2. The Kier molecular flexibility index (Phi) is 10.9. The Balaban J connectivity index is 1.81. The van der Waals surface area contributed by atoms with E-state index in [1.54, 1.807) is 73.8 Å². The summed E-state index contributed by atoms with van der Waals surface area (Å²) in [4.78, 5) is 34.1. The molecule has 3 aromatic rings. The van der Waals surface area contributed by atoms with Crippen LogP contribution in [0.5, 0.6) is 0 Å². The van der Waals surface area contributed by atoms with E-state index in [4.69, 9.17) is 69.6 Å². The van der Waals surface area contributed by atoms with Crippen LogP contribution in [0.3, 0.4) is 0 Å². The van der Waals surface area contributed by atoms with Gasteiger partial charge in [0, 0.05) is 17.3 Å². The first kappa shape index (κ1) is 30.4. The first-order chi connectivity index (χ1) is 17.3. The molecule has 3 rings (SSSR count). The van der Waals surface area contributed by atoms with Gasteiger partial charge >= 0.3 is 0 Å². The second kappa shape index (κ2) is 13.3. The maximum Gasteiger partial charge on any atom is 0.252 e. The topological polar surface area (TPSA) is 84.0 Å². The van der Waals surface area contributed by atoms with Gasteiger partial charge in [-0.05, 0) is 36.8 Å². The molecule has 0 bridgehead atoms. The Hall–Kier alpha value is -1.10. The molecule has 2 aromatic carbocycles. The number of amides is 2. The van der Waals surface area contributed by atoms with Crippen molar-refractivity contribution in [2.24, 2.45) is 0 Å². The molecule has 0 aliphatic heterocycles. The molecule has 0 aliphatic carbocycles. The number of hydrogen-bond donors (Lipinski definition) is 2. The van der Waals surface area contributed by atoms with E-state index in [-0.39, 0.29) is 5.16 Å². The van der Waals surface area contributed by atoms with Crippen LogP contribution in [-0.4, -0.2) is 40.1 Å². The highest BCUT2D eigenvalue weighted by atomic mass is 35.6. The van der Waals surface area contributed by atoms with Crippen molar-refractivity contribution < 1.29 is 9.59 Å². The number of carbonyl (C=O) groups excluding carboxylic acids is 2. The quantitative estimate of drug-likeness (QED) is 0.0874. The van der Waals surface area contributed by atoms with Crippen LogP contribution in [0.15, 0.2) is 77.0 Å². The number of carbonyl (C=O) groups is 2. The second-order valence-corrected chi connectivity index (χ2v) is 14.3. The Bertz CT molecular complexity index is 1230. The van der Waals surface area contributed by atoms with Gasteiger partial charge in [-0.1, -0.05) is 130 Å².